The minimum Gasteiger partial charge on any atom is -0.508 e. The van der Waals surface area contributed by atoms with Crippen LogP contribution in [0.4, 0.5) is 5.13 Å². The molecule has 0 unspecified atom stereocenters. The van der Waals surface area contributed by atoms with E-state index < -0.39 is 6.04 Å². The topological polar surface area (TPSA) is 78.3 Å². The molecule has 6 heteroatoms. The van der Waals surface area contributed by atoms with Crippen LogP contribution in [0.25, 0.3) is 10.9 Å². The molecular formula is C19H15N3O2S. The second-order valence-corrected chi connectivity index (χ2v) is 6.45. The van der Waals surface area contributed by atoms with Crippen LogP contribution < -0.4 is 5.32 Å². The highest BCUT2D eigenvalue weighted by atomic mass is 32.1. The van der Waals surface area contributed by atoms with E-state index in [0.29, 0.717) is 21.8 Å². The summed E-state index contributed by atoms with van der Waals surface area (Å²) in [5, 5.41) is 27.8. The van der Waals surface area contributed by atoms with E-state index in [1.807, 2.05) is 41.8 Å². The van der Waals surface area contributed by atoms with Crippen LogP contribution in [-0.4, -0.2) is 20.2 Å². The van der Waals surface area contributed by atoms with E-state index in [4.69, 9.17) is 0 Å². The molecule has 124 valence electrons. The Hall–Kier alpha value is -3.12. The van der Waals surface area contributed by atoms with Crippen molar-refractivity contribution in [2.45, 2.75) is 6.04 Å². The molecule has 0 aliphatic rings. The van der Waals surface area contributed by atoms with Crippen LogP contribution in [0, 0.1) is 0 Å². The van der Waals surface area contributed by atoms with Gasteiger partial charge in [0.25, 0.3) is 0 Å². The third kappa shape index (κ3) is 2.88. The summed E-state index contributed by atoms with van der Waals surface area (Å²) < 4.78 is 0. The summed E-state index contributed by atoms with van der Waals surface area (Å²) in [7, 11) is 0. The molecule has 4 aromatic rings. The standard InChI is InChI=1S/C19H15N3O2S/c23-15-6-2-1-5-13(15)17(22-19-21-10-11-25-19)14-8-7-12-4-3-9-20-16(12)18(14)24/h1-11,17,23-24H,(H,21,22)/t17-/m1/s1. The number of thiazole rings is 1. The number of benzene rings is 2. The molecule has 2 aromatic heterocycles. The Morgan fingerprint density at radius 1 is 0.880 bits per heavy atom. The number of aromatic nitrogens is 2. The summed E-state index contributed by atoms with van der Waals surface area (Å²) in [5.74, 6) is 0.243. The molecule has 0 saturated heterocycles. The quantitative estimate of drug-likeness (QED) is 0.512. The summed E-state index contributed by atoms with van der Waals surface area (Å²) in [5.41, 5.74) is 1.81. The second kappa shape index (κ2) is 6.41. The lowest BCUT2D eigenvalue weighted by atomic mass is 9.96. The molecule has 4 rings (SSSR count). The van der Waals surface area contributed by atoms with E-state index in [2.05, 4.69) is 15.3 Å². The Kier molecular flexibility index (Phi) is 3.95. The van der Waals surface area contributed by atoms with Crippen molar-refractivity contribution in [1.29, 1.82) is 0 Å². The number of para-hydroxylation sites is 1. The zero-order chi connectivity index (χ0) is 17.2. The summed E-state index contributed by atoms with van der Waals surface area (Å²) in [6.45, 7) is 0. The molecular weight excluding hydrogens is 334 g/mol. The van der Waals surface area contributed by atoms with E-state index >= 15 is 0 Å². The second-order valence-electron chi connectivity index (χ2n) is 5.55. The number of pyridine rings is 1. The van der Waals surface area contributed by atoms with Crippen molar-refractivity contribution in [1.82, 2.24) is 9.97 Å². The minimum atomic E-state index is -0.459. The molecule has 25 heavy (non-hydrogen) atoms. The fourth-order valence-corrected chi connectivity index (χ4v) is 3.41. The van der Waals surface area contributed by atoms with Crippen molar-refractivity contribution in [3.05, 3.63) is 77.4 Å². The first kappa shape index (κ1) is 15.4. The number of fused-ring (bicyclic) bond motifs is 1. The van der Waals surface area contributed by atoms with Gasteiger partial charge in [0.2, 0.25) is 0 Å². The summed E-state index contributed by atoms with van der Waals surface area (Å²) in [6, 6.07) is 14.1. The third-order valence-corrected chi connectivity index (χ3v) is 4.74. The molecule has 0 spiro atoms. The van der Waals surface area contributed by atoms with E-state index in [1.54, 1.807) is 24.5 Å². The Morgan fingerprint density at radius 2 is 1.76 bits per heavy atom. The number of aromatic hydroxyl groups is 2. The molecule has 0 aliphatic heterocycles. The van der Waals surface area contributed by atoms with E-state index in [-0.39, 0.29) is 11.5 Å². The van der Waals surface area contributed by atoms with Crippen molar-refractivity contribution in [2.75, 3.05) is 5.32 Å². The van der Waals surface area contributed by atoms with E-state index in [9.17, 15) is 10.2 Å². The molecule has 0 saturated carbocycles. The average Bonchev–Trinajstić information content (AvgIpc) is 3.15. The zero-order valence-electron chi connectivity index (χ0n) is 13.1. The fourth-order valence-electron chi connectivity index (χ4n) is 2.85. The number of anilines is 1. The minimum absolute atomic E-state index is 0.0930. The lowest BCUT2D eigenvalue weighted by Crippen LogP contribution is -2.13. The predicted octanol–water partition coefficient (Wildman–Crippen LogP) is 4.30. The smallest absolute Gasteiger partial charge is 0.183 e. The van der Waals surface area contributed by atoms with Crippen molar-refractivity contribution >= 4 is 27.4 Å². The number of hydrogen-bond acceptors (Lipinski definition) is 6. The molecule has 0 fully saturated rings. The van der Waals surface area contributed by atoms with Crippen LogP contribution in [-0.2, 0) is 0 Å². The first-order valence-electron chi connectivity index (χ1n) is 7.74. The molecule has 2 aromatic carbocycles. The Labute approximate surface area is 148 Å². The van der Waals surface area contributed by atoms with Gasteiger partial charge in [-0.15, -0.1) is 11.3 Å². The van der Waals surface area contributed by atoms with Gasteiger partial charge in [-0.05, 0) is 12.1 Å². The van der Waals surface area contributed by atoms with Crippen LogP contribution in [0.15, 0.2) is 66.3 Å². The highest BCUT2D eigenvalue weighted by Gasteiger charge is 2.22. The Morgan fingerprint density at radius 3 is 2.56 bits per heavy atom. The Bertz CT molecular complexity index is 1020. The number of nitrogens with one attached hydrogen (secondary N) is 1. The van der Waals surface area contributed by atoms with Gasteiger partial charge < -0.3 is 15.5 Å². The molecule has 0 amide bonds. The molecule has 5 nitrogen and oxygen atoms in total. The lowest BCUT2D eigenvalue weighted by molar-refractivity contribution is 0.460. The predicted molar refractivity (Wildman–Crippen MR) is 99.1 cm³/mol. The molecule has 2 heterocycles. The number of nitrogens with zero attached hydrogens (tertiary/aromatic N) is 2. The van der Waals surface area contributed by atoms with E-state index in [0.717, 1.165) is 5.39 Å². The molecule has 0 bridgehead atoms. The molecule has 1 atom stereocenters. The van der Waals surface area contributed by atoms with Gasteiger partial charge in [-0.3, -0.25) is 4.98 Å². The van der Waals surface area contributed by atoms with Crippen molar-refractivity contribution < 1.29 is 10.2 Å². The van der Waals surface area contributed by atoms with Crippen LogP contribution in [0.1, 0.15) is 17.2 Å². The van der Waals surface area contributed by atoms with Gasteiger partial charge in [-0.25, -0.2) is 4.98 Å². The molecule has 0 radical (unpaired) electrons. The van der Waals surface area contributed by atoms with Crippen molar-refractivity contribution in [2.24, 2.45) is 0 Å². The largest absolute Gasteiger partial charge is 0.508 e. The van der Waals surface area contributed by atoms with Crippen LogP contribution in [0.3, 0.4) is 0 Å². The number of hydrogen-bond donors (Lipinski definition) is 3. The highest BCUT2D eigenvalue weighted by molar-refractivity contribution is 7.13. The van der Waals surface area contributed by atoms with Gasteiger partial charge in [-0.2, -0.15) is 0 Å². The van der Waals surface area contributed by atoms with Crippen molar-refractivity contribution in [3.63, 3.8) is 0 Å². The van der Waals surface area contributed by atoms with Crippen LogP contribution >= 0.6 is 11.3 Å². The SMILES string of the molecule is Oc1ccccc1[C@@H](Nc1nccs1)c1ccc2cccnc2c1O. The maximum absolute atomic E-state index is 10.8. The van der Waals surface area contributed by atoms with Gasteiger partial charge in [0.15, 0.2) is 5.13 Å². The average molecular weight is 349 g/mol. The number of phenolic OH excluding ortho intramolecular Hbond substituents is 2. The zero-order valence-corrected chi connectivity index (χ0v) is 13.9. The van der Waals surface area contributed by atoms with Gasteiger partial charge in [0.1, 0.15) is 17.0 Å². The van der Waals surface area contributed by atoms with Crippen molar-refractivity contribution in [3.8, 4) is 11.5 Å². The first-order valence-corrected chi connectivity index (χ1v) is 8.62. The number of phenols is 2. The Balaban J connectivity index is 1.89. The fraction of sp³-hybridized carbons (Fsp3) is 0.0526. The molecule has 0 aliphatic carbocycles. The van der Waals surface area contributed by atoms with Gasteiger partial charge in [0.05, 0.1) is 6.04 Å². The monoisotopic (exact) mass is 349 g/mol. The van der Waals surface area contributed by atoms with Crippen LogP contribution in [0.5, 0.6) is 11.5 Å². The summed E-state index contributed by atoms with van der Waals surface area (Å²) in [4.78, 5) is 8.54. The molecule has 3 N–H and O–H groups in total. The summed E-state index contributed by atoms with van der Waals surface area (Å²) >= 11 is 1.45. The highest BCUT2D eigenvalue weighted by Crippen LogP contribution is 2.39. The first-order chi connectivity index (χ1) is 12.2. The summed E-state index contributed by atoms with van der Waals surface area (Å²) in [6.07, 6.45) is 3.35. The van der Waals surface area contributed by atoms with E-state index in [1.165, 1.54) is 11.3 Å². The lowest BCUT2D eigenvalue weighted by Gasteiger charge is -2.21. The maximum atomic E-state index is 10.8. The maximum Gasteiger partial charge on any atom is 0.183 e. The normalized spacial score (nSPS) is 12.2. The number of rotatable bonds is 4. The van der Waals surface area contributed by atoms with Gasteiger partial charge in [-0.1, -0.05) is 36.4 Å². The van der Waals surface area contributed by atoms with Crippen LogP contribution in [0.2, 0.25) is 0 Å². The third-order valence-electron chi connectivity index (χ3n) is 4.04. The van der Waals surface area contributed by atoms with Gasteiger partial charge in [0, 0.05) is 34.3 Å². The van der Waals surface area contributed by atoms with Gasteiger partial charge >= 0.3 is 0 Å².